The average molecular weight is 527 g/mol. The summed E-state index contributed by atoms with van der Waals surface area (Å²) in [5.74, 6) is -2.19. The highest BCUT2D eigenvalue weighted by molar-refractivity contribution is 6.14. The third-order valence-corrected chi connectivity index (χ3v) is 7.18. The molecule has 0 aliphatic carbocycles. The first kappa shape index (κ1) is 24.7. The molecule has 6 nitrogen and oxygen atoms in total. The highest BCUT2D eigenvalue weighted by Gasteiger charge is 2.23. The zero-order chi connectivity index (χ0) is 28.0. The summed E-state index contributed by atoms with van der Waals surface area (Å²) in [6, 6.07) is 31.3. The number of rotatable bonds is 5. The molecule has 0 heterocycles. The van der Waals surface area contributed by atoms with Gasteiger partial charge in [0.2, 0.25) is 0 Å². The van der Waals surface area contributed by atoms with Crippen LogP contribution in [-0.2, 0) is 0 Å². The Morgan fingerprint density at radius 1 is 0.475 bits per heavy atom. The van der Waals surface area contributed by atoms with Crippen LogP contribution in [0.5, 0.6) is 11.5 Å². The van der Waals surface area contributed by atoms with Gasteiger partial charge in [-0.1, -0.05) is 72.8 Å². The van der Waals surface area contributed by atoms with Gasteiger partial charge >= 0.3 is 11.9 Å². The Hall–Kier alpha value is -5.62. The van der Waals surface area contributed by atoms with Crippen molar-refractivity contribution < 1.29 is 30.0 Å². The average Bonchev–Trinajstić information content (AvgIpc) is 2.97. The van der Waals surface area contributed by atoms with Gasteiger partial charge in [-0.15, -0.1) is 0 Å². The number of carboxylic acids is 2. The van der Waals surface area contributed by atoms with Crippen LogP contribution in [0.4, 0.5) is 0 Å². The van der Waals surface area contributed by atoms with Gasteiger partial charge in [-0.2, -0.15) is 0 Å². The van der Waals surface area contributed by atoms with Crippen LogP contribution in [0.3, 0.4) is 0 Å². The molecule has 4 N–H and O–H groups in total. The number of phenols is 2. The highest BCUT2D eigenvalue weighted by atomic mass is 16.4. The minimum atomic E-state index is -1.04. The van der Waals surface area contributed by atoms with Gasteiger partial charge in [0.25, 0.3) is 0 Å². The fraction of sp³-hybridized carbons (Fsp3) is 0. The normalized spacial score (nSPS) is 11.1. The lowest BCUT2D eigenvalue weighted by Gasteiger charge is -2.19. The first-order valence-electron chi connectivity index (χ1n) is 12.5. The Bertz CT molecular complexity index is 1810. The Morgan fingerprint density at radius 2 is 0.825 bits per heavy atom. The molecule has 0 atom stereocenters. The first-order chi connectivity index (χ1) is 19.3. The molecule has 0 aromatic heterocycles. The lowest BCUT2D eigenvalue weighted by molar-refractivity contribution is 0.0686. The maximum Gasteiger partial charge on any atom is 0.335 e. The van der Waals surface area contributed by atoms with Crippen molar-refractivity contribution in [2.75, 3.05) is 0 Å². The van der Waals surface area contributed by atoms with Gasteiger partial charge in [0.1, 0.15) is 11.5 Å². The van der Waals surface area contributed by atoms with E-state index in [9.17, 15) is 30.0 Å². The Kier molecular flexibility index (Phi) is 5.93. The van der Waals surface area contributed by atoms with Crippen molar-refractivity contribution in [3.63, 3.8) is 0 Å². The summed E-state index contributed by atoms with van der Waals surface area (Å²) >= 11 is 0. The predicted molar refractivity (Wildman–Crippen MR) is 155 cm³/mol. The molecule has 0 fully saturated rings. The second-order valence-corrected chi connectivity index (χ2v) is 9.50. The zero-order valence-electron chi connectivity index (χ0n) is 21.0. The fourth-order valence-corrected chi connectivity index (χ4v) is 5.20. The minimum absolute atomic E-state index is 0.0550. The molecule has 0 aliphatic rings. The number of carboxylic acid groups (broad SMARTS) is 2. The van der Waals surface area contributed by atoms with E-state index in [2.05, 4.69) is 0 Å². The second-order valence-electron chi connectivity index (χ2n) is 9.50. The smallest absolute Gasteiger partial charge is 0.335 e. The number of hydrogen-bond acceptors (Lipinski definition) is 4. The molecule has 0 saturated heterocycles. The van der Waals surface area contributed by atoms with Gasteiger partial charge in [-0.3, -0.25) is 0 Å². The van der Waals surface area contributed by atoms with E-state index in [0.29, 0.717) is 33.4 Å². The second kappa shape index (κ2) is 9.60. The molecule has 6 rings (SSSR count). The van der Waals surface area contributed by atoms with Crippen molar-refractivity contribution in [3.8, 4) is 44.9 Å². The van der Waals surface area contributed by atoms with Crippen LogP contribution in [0.1, 0.15) is 20.7 Å². The summed E-state index contributed by atoms with van der Waals surface area (Å²) in [6.07, 6.45) is 0. The Balaban J connectivity index is 1.68. The molecular weight excluding hydrogens is 504 g/mol. The molecule has 6 aromatic rings. The van der Waals surface area contributed by atoms with Gasteiger partial charge in [0, 0.05) is 22.3 Å². The van der Waals surface area contributed by atoms with E-state index in [1.807, 2.05) is 60.7 Å². The van der Waals surface area contributed by atoms with Crippen LogP contribution >= 0.6 is 0 Å². The number of carbonyl (C=O) groups is 2. The monoisotopic (exact) mass is 526 g/mol. The first-order valence-corrected chi connectivity index (χ1v) is 12.5. The van der Waals surface area contributed by atoms with Crippen molar-refractivity contribution in [3.05, 3.63) is 120 Å². The van der Waals surface area contributed by atoms with E-state index in [4.69, 9.17) is 0 Å². The van der Waals surface area contributed by atoms with E-state index < -0.39 is 11.9 Å². The van der Waals surface area contributed by atoms with E-state index in [1.54, 1.807) is 24.3 Å². The summed E-state index contributed by atoms with van der Waals surface area (Å²) in [5.41, 5.74) is 3.37. The van der Waals surface area contributed by atoms with E-state index in [-0.39, 0.29) is 22.6 Å². The Morgan fingerprint density at radius 3 is 1.18 bits per heavy atom. The van der Waals surface area contributed by atoms with Crippen LogP contribution in [0.25, 0.3) is 54.9 Å². The summed E-state index contributed by atoms with van der Waals surface area (Å²) in [6.45, 7) is 0. The lowest BCUT2D eigenvalue weighted by Crippen LogP contribution is -1.96. The molecule has 0 aliphatic heterocycles. The molecule has 194 valence electrons. The molecule has 0 amide bonds. The number of phenolic OH excluding ortho intramolecular Hbond substituents is 2. The van der Waals surface area contributed by atoms with Crippen LogP contribution in [-0.4, -0.2) is 32.4 Å². The van der Waals surface area contributed by atoms with E-state index in [1.165, 1.54) is 24.3 Å². The van der Waals surface area contributed by atoms with E-state index >= 15 is 0 Å². The van der Waals surface area contributed by atoms with Crippen molar-refractivity contribution in [1.29, 1.82) is 0 Å². The molecular formula is C34H22O6. The number of fused-ring (bicyclic) bond motifs is 2. The van der Waals surface area contributed by atoms with Crippen LogP contribution in [0, 0.1) is 0 Å². The number of aromatic hydroxyl groups is 2. The van der Waals surface area contributed by atoms with Crippen LogP contribution in [0.2, 0.25) is 0 Å². The Labute approximate surface area is 228 Å². The zero-order valence-corrected chi connectivity index (χ0v) is 21.0. The van der Waals surface area contributed by atoms with Gasteiger partial charge in [0.05, 0.1) is 11.1 Å². The maximum atomic E-state index is 11.8. The number of benzene rings is 6. The maximum absolute atomic E-state index is 11.8. The molecule has 6 aromatic carbocycles. The fourth-order valence-electron chi connectivity index (χ4n) is 5.20. The van der Waals surface area contributed by atoms with Crippen molar-refractivity contribution >= 4 is 33.5 Å². The molecule has 0 spiro atoms. The van der Waals surface area contributed by atoms with Gasteiger partial charge in [0.15, 0.2) is 0 Å². The van der Waals surface area contributed by atoms with Gasteiger partial charge in [-0.25, -0.2) is 9.59 Å². The SMILES string of the molecule is O=C(O)c1ccc(-c2cc3ccccc3c(-c3c(O)c(-c4ccc(C(=O)O)cc4)cc4ccccc34)c2O)cc1. The third-order valence-electron chi connectivity index (χ3n) is 7.18. The number of hydrogen-bond donors (Lipinski definition) is 4. The topological polar surface area (TPSA) is 115 Å². The van der Waals surface area contributed by atoms with Crippen LogP contribution in [0.15, 0.2) is 109 Å². The molecule has 6 heteroatoms. The van der Waals surface area contributed by atoms with E-state index in [0.717, 1.165) is 21.5 Å². The van der Waals surface area contributed by atoms with Gasteiger partial charge in [-0.05, 0) is 69.1 Å². The van der Waals surface area contributed by atoms with Crippen molar-refractivity contribution in [1.82, 2.24) is 0 Å². The summed E-state index contributed by atoms with van der Waals surface area (Å²) < 4.78 is 0. The summed E-state index contributed by atoms with van der Waals surface area (Å²) in [4.78, 5) is 22.8. The van der Waals surface area contributed by atoms with Crippen molar-refractivity contribution in [2.24, 2.45) is 0 Å². The molecule has 0 bridgehead atoms. The minimum Gasteiger partial charge on any atom is -0.507 e. The quantitative estimate of drug-likeness (QED) is 0.182. The lowest BCUT2D eigenvalue weighted by atomic mass is 9.86. The van der Waals surface area contributed by atoms with Crippen molar-refractivity contribution in [2.45, 2.75) is 0 Å². The highest BCUT2D eigenvalue weighted by Crippen LogP contribution is 2.51. The predicted octanol–water partition coefficient (Wildman–Crippen LogP) is 7.80. The third kappa shape index (κ3) is 4.08. The van der Waals surface area contributed by atoms with Gasteiger partial charge < -0.3 is 20.4 Å². The molecule has 0 saturated carbocycles. The summed E-state index contributed by atoms with van der Waals surface area (Å²) in [5, 5.41) is 45.4. The molecule has 0 unspecified atom stereocenters. The summed E-state index contributed by atoms with van der Waals surface area (Å²) in [7, 11) is 0. The molecule has 40 heavy (non-hydrogen) atoms. The molecule has 0 radical (unpaired) electrons. The largest absolute Gasteiger partial charge is 0.507 e. The standard InChI is InChI=1S/C34H22O6/c35-31-27(19-9-13-21(14-10-19)33(37)38)17-23-5-1-3-7-25(23)29(31)30-26-8-4-2-6-24(26)18-28(32(30)36)20-11-15-22(16-12-20)34(39)40/h1-18,35-36H,(H,37,38)(H,39,40). The number of aromatic carboxylic acids is 2. The van der Waals surface area contributed by atoms with Crippen LogP contribution < -0.4 is 0 Å².